The van der Waals surface area contributed by atoms with Gasteiger partial charge in [-0.25, -0.2) is 4.98 Å². The number of pyridine rings is 1. The first kappa shape index (κ1) is 20.7. The lowest BCUT2D eigenvalue weighted by molar-refractivity contribution is -0.378. The molecule has 2 rings (SSSR count). The van der Waals surface area contributed by atoms with Crippen LogP contribution in [-0.4, -0.2) is 25.9 Å². The number of benzene rings is 1. The van der Waals surface area contributed by atoms with Crippen LogP contribution in [-0.2, 0) is 0 Å². The van der Waals surface area contributed by atoms with Crippen molar-refractivity contribution in [3.05, 3.63) is 47.5 Å². The van der Waals surface area contributed by atoms with Crippen LogP contribution < -0.4 is 20.0 Å². The van der Waals surface area contributed by atoms with E-state index in [1.807, 2.05) is 18.3 Å². The first-order chi connectivity index (χ1) is 13.2. The van der Waals surface area contributed by atoms with E-state index in [1.54, 1.807) is 0 Å². The highest BCUT2D eigenvalue weighted by Gasteiger charge is 2.13. The first-order valence-corrected chi connectivity index (χ1v) is 9.97. The summed E-state index contributed by atoms with van der Waals surface area (Å²) >= 11 is 0. The Morgan fingerprint density at radius 2 is 1.85 bits per heavy atom. The minimum absolute atomic E-state index is 0.688. The fourth-order valence-electron chi connectivity index (χ4n) is 2.90. The Bertz CT molecular complexity index is 724. The van der Waals surface area contributed by atoms with Crippen molar-refractivity contribution >= 4 is 17.7 Å². The van der Waals surface area contributed by atoms with Gasteiger partial charge in [-0.2, -0.15) is 0 Å². The summed E-state index contributed by atoms with van der Waals surface area (Å²) in [5.41, 5.74) is 6.56. The predicted octanol–water partition coefficient (Wildman–Crippen LogP) is 4.67. The lowest BCUT2D eigenvalue weighted by Gasteiger charge is -2.23. The third-order valence-corrected chi connectivity index (χ3v) is 4.08. The summed E-state index contributed by atoms with van der Waals surface area (Å²) in [5, 5.41) is 4.39. The third-order valence-electron chi connectivity index (χ3n) is 4.08. The average Bonchev–Trinajstić information content (AvgIpc) is 2.66. The van der Waals surface area contributed by atoms with Gasteiger partial charge >= 0.3 is 5.82 Å². The molecule has 5 nitrogen and oxygen atoms in total. The monoisotopic (exact) mass is 369 g/mol. The molecule has 0 aliphatic heterocycles. The molecule has 1 aromatic heterocycles. The second-order valence-corrected chi connectivity index (χ2v) is 6.74. The van der Waals surface area contributed by atoms with Crippen molar-refractivity contribution in [1.82, 2.24) is 0 Å². The van der Waals surface area contributed by atoms with Gasteiger partial charge < -0.3 is 9.64 Å². The first-order valence-electron chi connectivity index (χ1n) is 9.97. The van der Waals surface area contributed by atoms with Gasteiger partial charge in [-0.3, -0.25) is 0 Å². The quantitative estimate of drug-likeness (QED) is 0.462. The minimum Gasteiger partial charge on any atom is -0.462 e. The van der Waals surface area contributed by atoms with Gasteiger partial charge in [0.05, 0.1) is 24.6 Å². The average molecular weight is 370 g/mol. The van der Waals surface area contributed by atoms with E-state index in [0.29, 0.717) is 6.61 Å². The Morgan fingerprint density at radius 1 is 1.07 bits per heavy atom. The van der Waals surface area contributed by atoms with E-state index in [9.17, 15) is 0 Å². The van der Waals surface area contributed by atoms with Crippen LogP contribution in [0.3, 0.4) is 0 Å². The molecular weight excluding hydrogens is 336 g/mol. The van der Waals surface area contributed by atoms with Crippen LogP contribution in [0, 0.1) is 6.92 Å². The minimum atomic E-state index is 0.688. The van der Waals surface area contributed by atoms with E-state index in [2.05, 4.69) is 72.4 Å². The van der Waals surface area contributed by atoms with Crippen LogP contribution in [0.1, 0.15) is 51.2 Å². The smallest absolute Gasteiger partial charge is 0.302 e. The van der Waals surface area contributed by atoms with E-state index < -0.39 is 0 Å². The van der Waals surface area contributed by atoms with Crippen molar-refractivity contribution in [2.75, 3.05) is 30.0 Å². The Morgan fingerprint density at radius 3 is 2.52 bits per heavy atom. The van der Waals surface area contributed by atoms with Crippen molar-refractivity contribution < 1.29 is 9.72 Å². The largest absolute Gasteiger partial charge is 0.462 e. The van der Waals surface area contributed by atoms with Crippen molar-refractivity contribution in [2.24, 2.45) is 5.10 Å². The molecule has 27 heavy (non-hydrogen) atoms. The number of anilines is 2. The fraction of sp³-hybridized carbons (Fsp3) is 0.455. The summed E-state index contributed by atoms with van der Waals surface area (Å²) in [7, 11) is 0. The Hall–Kier alpha value is -2.56. The van der Waals surface area contributed by atoms with Crippen molar-refractivity contribution in [2.45, 2.75) is 47.0 Å². The van der Waals surface area contributed by atoms with Crippen LogP contribution in [0.2, 0.25) is 0 Å². The van der Waals surface area contributed by atoms with Gasteiger partial charge in [-0.05, 0) is 31.7 Å². The van der Waals surface area contributed by atoms with Gasteiger partial charge in [-0.15, -0.1) is 5.43 Å². The summed E-state index contributed by atoms with van der Waals surface area (Å²) in [6, 6.07) is 12.4. The lowest BCUT2D eigenvalue weighted by atomic mass is 10.2. The summed E-state index contributed by atoms with van der Waals surface area (Å²) < 4.78 is 5.85. The predicted molar refractivity (Wildman–Crippen MR) is 114 cm³/mol. The fourth-order valence-corrected chi connectivity index (χ4v) is 2.90. The summed E-state index contributed by atoms with van der Waals surface area (Å²) in [4.78, 5) is 5.67. The molecule has 0 atom stereocenters. The van der Waals surface area contributed by atoms with Gasteiger partial charge in [0.1, 0.15) is 0 Å². The molecule has 0 saturated heterocycles. The Balaban J connectivity index is 2.20. The lowest BCUT2D eigenvalue weighted by Crippen LogP contribution is -2.26. The molecule has 0 unspecified atom stereocenters. The van der Waals surface area contributed by atoms with Crippen molar-refractivity contribution in [1.29, 1.82) is 0 Å². The number of nitrogens with zero attached hydrogens (tertiary/aromatic N) is 2. The van der Waals surface area contributed by atoms with Crippen LogP contribution in [0.5, 0.6) is 5.88 Å². The molecule has 0 spiro atoms. The van der Waals surface area contributed by atoms with Gasteiger partial charge in [0.25, 0.3) is 5.88 Å². The molecule has 0 bridgehead atoms. The molecule has 1 heterocycles. The number of aromatic amines is 1. The SMILES string of the molecule is CCCOc1cc(N(CCC)CCC)cc(N/N=C/c2cccc(C)c2)[nH+]1. The zero-order chi connectivity index (χ0) is 19.5. The molecule has 0 fully saturated rings. The number of nitrogens with one attached hydrogen (secondary N) is 2. The molecule has 0 aliphatic rings. The molecule has 2 N–H and O–H groups in total. The summed E-state index contributed by atoms with van der Waals surface area (Å²) in [6.45, 7) is 11.3. The molecule has 146 valence electrons. The molecule has 5 heteroatoms. The molecule has 0 aliphatic carbocycles. The van der Waals surface area contributed by atoms with Gasteiger partial charge in [0.2, 0.25) is 0 Å². The maximum atomic E-state index is 5.85. The number of aromatic nitrogens is 1. The molecular formula is C22H33N4O+. The zero-order valence-electron chi connectivity index (χ0n) is 17.1. The standard InChI is InChI=1S/C22H32N4O/c1-5-11-26(12-6-2)20-15-21(24-22(16-20)27-13-7-3)25-23-17-19-10-8-9-18(4)14-19/h8-10,14-17H,5-7,11-13H2,1-4H3,(H,24,25)/p+1/b23-17+. The topological polar surface area (TPSA) is 51.0 Å². The van der Waals surface area contributed by atoms with Crippen LogP contribution in [0.15, 0.2) is 41.5 Å². The van der Waals surface area contributed by atoms with Gasteiger partial charge in [0, 0.05) is 19.2 Å². The molecule has 2 aromatic rings. The van der Waals surface area contributed by atoms with E-state index in [0.717, 1.165) is 55.3 Å². The van der Waals surface area contributed by atoms with E-state index in [1.165, 1.54) is 5.56 Å². The van der Waals surface area contributed by atoms with Gasteiger partial charge in [-0.1, -0.05) is 55.7 Å². The molecule has 0 saturated carbocycles. The summed E-state index contributed by atoms with van der Waals surface area (Å²) in [5.74, 6) is 1.58. The van der Waals surface area contributed by atoms with Crippen LogP contribution in [0.25, 0.3) is 0 Å². The number of hydrogen-bond acceptors (Lipinski definition) is 4. The highest BCUT2D eigenvalue weighted by molar-refractivity contribution is 5.80. The van der Waals surface area contributed by atoms with Crippen LogP contribution >= 0.6 is 0 Å². The second-order valence-electron chi connectivity index (χ2n) is 6.74. The van der Waals surface area contributed by atoms with Crippen molar-refractivity contribution in [3.8, 4) is 5.88 Å². The maximum absolute atomic E-state index is 5.85. The van der Waals surface area contributed by atoms with E-state index in [4.69, 9.17) is 4.74 Å². The third kappa shape index (κ3) is 6.93. The number of rotatable bonds is 11. The molecule has 0 amide bonds. The number of aryl methyl sites for hydroxylation is 1. The molecule has 1 aromatic carbocycles. The van der Waals surface area contributed by atoms with E-state index >= 15 is 0 Å². The molecule has 0 radical (unpaired) electrons. The highest BCUT2D eigenvalue weighted by Crippen LogP contribution is 2.21. The number of H-pyrrole nitrogens is 1. The number of hydrazone groups is 1. The van der Waals surface area contributed by atoms with Crippen molar-refractivity contribution in [3.63, 3.8) is 0 Å². The maximum Gasteiger partial charge on any atom is 0.302 e. The van der Waals surface area contributed by atoms with E-state index in [-0.39, 0.29) is 0 Å². The second kappa shape index (κ2) is 11.2. The number of hydrogen-bond donors (Lipinski definition) is 1. The van der Waals surface area contributed by atoms with Crippen LogP contribution in [0.4, 0.5) is 11.5 Å². The summed E-state index contributed by atoms with van der Waals surface area (Å²) in [6.07, 6.45) is 5.02. The highest BCUT2D eigenvalue weighted by atomic mass is 16.5. The normalized spacial score (nSPS) is 11.0. The van der Waals surface area contributed by atoms with Gasteiger partial charge in [0.15, 0.2) is 0 Å². The number of ether oxygens (including phenoxy) is 1. The Labute approximate surface area is 163 Å². The Kier molecular flexibility index (Phi) is 8.62. The zero-order valence-corrected chi connectivity index (χ0v) is 17.1.